The van der Waals surface area contributed by atoms with E-state index in [1.807, 2.05) is 43.9 Å². The Kier molecular flexibility index (Phi) is 5.71. The molecule has 0 saturated carbocycles. The molecule has 0 amide bonds. The number of hydrogen-bond acceptors (Lipinski definition) is 4. The standard InChI is InChI=1S/C15H24N2O2S2/c1-4-14-11-17(7-8-20-14)21(18,19)15-9-13(10-16-3)6-5-12(15)2/h5-6,9,14,16H,4,7-8,10-11H2,1-3H3. The van der Waals surface area contributed by atoms with Crippen LogP contribution < -0.4 is 5.32 Å². The van der Waals surface area contributed by atoms with E-state index in [9.17, 15) is 8.42 Å². The molecule has 0 spiro atoms. The lowest BCUT2D eigenvalue weighted by Gasteiger charge is -2.31. The van der Waals surface area contributed by atoms with E-state index in [0.29, 0.717) is 29.8 Å². The van der Waals surface area contributed by atoms with E-state index in [4.69, 9.17) is 0 Å². The zero-order valence-corrected chi connectivity index (χ0v) is 14.6. The van der Waals surface area contributed by atoms with Gasteiger partial charge in [0.1, 0.15) is 0 Å². The highest BCUT2D eigenvalue weighted by molar-refractivity contribution is 8.00. The van der Waals surface area contributed by atoms with Gasteiger partial charge in [0.25, 0.3) is 0 Å². The lowest BCUT2D eigenvalue weighted by Crippen LogP contribution is -2.41. The van der Waals surface area contributed by atoms with Crippen LogP contribution in [0.25, 0.3) is 0 Å². The summed E-state index contributed by atoms with van der Waals surface area (Å²) < 4.78 is 27.5. The monoisotopic (exact) mass is 328 g/mol. The lowest BCUT2D eigenvalue weighted by atomic mass is 10.1. The van der Waals surface area contributed by atoms with Gasteiger partial charge in [-0.2, -0.15) is 16.1 Å². The minimum atomic E-state index is -3.38. The molecule has 21 heavy (non-hydrogen) atoms. The topological polar surface area (TPSA) is 49.4 Å². The van der Waals surface area contributed by atoms with Gasteiger partial charge in [-0.05, 0) is 37.6 Å². The van der Waals surface area contributed by atoms with E-state index in [-0.39, 0.29) is 0 Å². The van der Waals surface area contributed by atoms with Crippen LogP contribution in [-0.2, 0) is 16.6 Å². The molecule has 1 aliphatic rings. The average molecular weight is 329 g/mol. The van der Waals surface area contributed by atoms with E-state index in [2.05, 4.69) is 12.2 Å². The fourth-order valence-electron chi connectivity index (χ4n) is 2.53. The molecule has 6 heteroatoms. The predicted molar refractivity (Wildman–Crippen MR) is 89.2 cm³/mol. The van der Waals surface area contributed by atoms with Gasteiger partial charge in [-0.1, -0.05) is 19.1 Å². The summed E-state index contributed by atoms with van der Waals surface area (Å²) in [6.45, 7) is 5.90. The molecule has 4 nitrogen and oxygen atoms in total. The average Bonchev–Trinajstić information content (AvgIpc) is 2.49. The van der Waals surface area contributed by atoms with Crippen LogP contribution >= 0.6 is 11.8 Å². The molecular formula is C15H24N2O2S2. The van der Waals surface area contributed by atoms with Crippen molar-refractivity contribution in [2.75, 3.05) is 25.9 Å². The third-order valence-corrected chi connectivity index (χ3v) is 7.19. The van der Waals surface area contributed by atoms with Gasteiger partial charge in [0.05, 0.1) is 4.90 Å². The van der Waals surface area contributed by atoms with Gasteiger partial charge in [-0.3, -0.25) is 0 Å². The molecule has 1 saturated heterocycles. The summed E-state index contributed by atoms with van der Waals surface area (Å²) in [6, 6.07) is 5.69. The van der Waals surface area contributed by atoms with Gasteiger partial charge in [-0.15, -0.1) is 0 Å². The first kappa shape index (κ1) is 16.8. The Bertz CT molecular complexity index is 587. The van der Waals surface area contributed by atoms with Gasteiger partial charge < -0.3 is 5.32 Å². The second-order valence-corrected chi connectivity index (χ2v) is 8.71. The largest absolute Gasteiger partial charge is 0.316 e. The third-order valence-electron chi connectivity index (χ3n) is 3.81. The van der Waals surface area contributed by atoms with Crippen molar-refractivity contribution in [3.05, 3.63) is 29.3 Å². The fraction of sp³-hybridized carbons (Fsp3) is 0.600. The zero-order chi connectivity index (χ0) is 15.5. The maximum absolute atomic E-state index is 12.9. The molecule has 1 aromatic carbocycles. The van der Waals surface area contributed by atoms with Crippen molar-refractivity contribution >= 4 is 21.8 Å². The maximum Gasteiger partial charge on any atom is 0.243 e. The van der Waals surface area contributed by atoms with Crippen LogP contribution in [0.1, 0.15) is 24.5 Å². The second kappa shape index (κ2) is 7.13. The third kappa shape index (κ3) is 3.80. The van der Waals surface area contributed by atoms with Crippen LogP contribution in [0, 0.1) is 6.92 Å². The highest BCUT2D eigenvalue weighted by Gasteiger charge is 2.31. The molecule has 0 radical (unpaired) electrons. The van der Waals surface area contributed by atoms with E-state index < -0.39 is 10.0 Å². The quantitative estimate of drug-likeness (QED) is 0.900. The molecule has 1 fully saturated rings. The molecule has 1 N–H and O–H groups in total. The minimum Gasteiger partial charge on any atom is -0.316 e. The van der Waals surface area contributed by atoms with Crippen LogP contribution in [0.3, 0.4) is 0 Å². The highest BCUT2D eigenvalue weighted by atomic mass is 32.2. The van der Waals surface area contributed by atoms with Crippen molar-refractivity contribution in [1.29, 1.82) is 0 Å². The number of benzene rings is 1. The van der Waals surface area contributed by atoms with Gasteiger partial charge in [0.15, 0.2) is 0 Å². The molecule has 0 bridgehead atoms. The maximum atomic E-state index is 12.9. The lowest BCUT2D eigenvalue weighted by molar-refractivity contribution is 0.415. The predicted octanol–water partition coefficient (Wildman–Crippen LogP) is 2.23. The number of nitrogens with zero attached hydrogens (tertiary/aromatic N) is 1. The molecule has 118 valence electrons. The van der Waals surface area contributed by atoms with Crippen LogP contribution in [-0.4, -0.2) is 43.9 Å². The van der Waals surface area contributed by atoms with E-state index in [1.54, 1.807) is 4.31 Å². The van der Waals surface area contributed by atoms with Crippen LogP contribution in [0.5, 0.6) is 0 Å². The first-order valence-electron chi connectivity index (χ1n) is 7.35. The Balaban J connectivity index is 2.32. The summed E-state index contributed by atoms with van der Waals surface area (Å²) in [7, 11) is -1.52. The summed E-state index contributed by atoms with van der Waals surface area (Å²) in [5, 5.41) is 3.48. The number of rotatable bonds is 5. The summed E-state index contributed by atoms with van der Waals surface area (Å²) in [5.74, 6) is 0.882. The Morgan fingerprint density at radius 3 is 2.86 bits per heavy atom. The molecular weight excluding hydrogens is 304 g/mol. The van der Waals surface area contributed by atoms with Crippen LogP contribution in [0.2, 0.25) is 0 Å². The molecule has 1 unspecified atom stereocenters. The SMILES string of the molecule is CCC1CN(S(=O)(=O)c2cc(CNC)ccc2C)CCS1. The number of aryl methyl sites for hydroxylation is 1. The van der Waals surface area contributed by atoms with Crippen LogP contribution in [0.15, 0.2) is 23.1 Å². The smallest absolute Gasteiger partial charge is 0.243 e. The Hall–Kier alpha value is -0.560. The molecule has 2 rings (SSSR count). The van der Waals surface area contributed by atoms with E-state index in [1.165, 1.54) is 0 Å². The van der Waals surface area contributed by atoms with Gasteiger partial charge in [0, 0.05) is 30.6 Å². The molecule has 0 aromatic heterocycles. The van der Waals surface area contributed by atoms with Crippen molar-refractivity contribution < 1.29 is 8.42 Å². The number of thioether (sulfide) groups is 1. The summed E-state index contributed by atoms with van der Waals surface area (Å²) in [5.41, 5.74) is 1.82. The molecule has 1 heterocycles. The normalized spacial score (nSPS) is 20.6. The van der Waals surface area contributed by atoms with Gasteiger partial charge >= 0.3 is 0 Å². The van der Waals surface area contributed by atoms with E-state index in [0.717, 1.165) is 23.3 Å². The summed E-state index contributed by atoms with van der Waals surface area (Å²) in [6.07, 6.45) is 1.01. The molecule has 0 aliphatic carbocycles. The molecule has 1 aromatic rings. The van der Waals surface area contributed by atoms with E-state index >= 15 is 0 Å². The molecule has 1 atom stereocenters. The fourth-order valence-corrected chi connectivity index (χ4v) is 5.68. The zero-order valence-electron chi connectivity index (χ0n) is 12.9. The number of nitrogens with one attached hydrogen (secondary N) is 1. The molecule has 1 aliphatic heterocycles. The van der Waals surface area contributed by atoms with Crippen LogP contribution in [0.4, 0.5) is 0 Å². The van der Waals surface area contributed by atoms with Gasteiger partial charge in [0.2, 0.25) is 10.0 Å². The first-order chi connectivity index (χ1) is 9.98. The Morgan fingerprint density at radius 2 is 2.19 bits per heavy atom. The number of hydrogen-bond donors (Lipinski definition) is 1. The minimum absolute atomic E-state index is 0.411. The van der Waals surface area contributed by atoms with Crippen molar-refractivity contribution in [2.45, 2.75) is 37.0 Å². The first-order valence-corrected chi connectivity index (χ1v) is 9.83. The van der Waals surface area contributed by atoms with Crippen molar-refractivity contribution in [2.24, 2.45) is 0 Å². The Morgan fingerprint density at radius 1 is 1.43 bits per heavy atom. The van der Waals surface area contributed by atoms with Crippen molar-refractivity contribution in [3.8, 4) is 0 Å². The number of sulfonamides is 1. The Labute approximate surface area is 132 Å². The summed E-state index contributed by atoms with van der Waals surface area (Å²) in [4.78, 5) is 0.456. The van der Waals surface area contributed by atoms with Crippen molar-refractivity contribution in [3.63, 3.8) is 0 Å². The van der Waals surface area contributed by atoms with Crippen molar-refractivity contribution in [1.82, 2.24) is 9.62 Å². The second-order valence-electron chi connectivity index (χ2n) is 5.39. The van der Waals surface area contributed by atoms with Gasteiger partial charge in [-0.25, -0.2) is 8.42 Å². The summed E-state index contributed by atoms with van der Waals surface area (Å²) >= 11 is 1.88. The highest BCUT2D eigenvalue weighted by Crippen LogP contribution is 2.28.